The van der Waals surface area contributed by atoms with E-state index in [9.17, 15) is 9.59 Å². The van der Waals surface area contributed by atoms with Crippen LogP contribution in [-0.2, 0) is 0 Å². The Morgan fingerprint density at radius 1 is 1.29 bits per heavy atom. The highest BCUT2D eigenvalue weighted by Crippen LogP contribution is 2.40. The molecule has 1 aliphatic heterocycles. The number of amides is 1. The molecule has 0 atom stereocenters. The Balaban J connectivity index is 2.34. The summed E-state index contributed by atoms with van der Waals surface area (Å²) in [4.78, 5) is 26.3. The maximum atomic E-state index is 12.0. The summed E-state index contributed by atoms with van der Waals surface area (Å²) in [6.45, 7) is 5.77. The highest BCUT2D eigenvalue weighted by molar-refractivity contribution is 7.19. The maximum absolute atomic E-state index is 12.0. The molecule has 0 saturated carbocycles. The highest BCUT2D eigenvalue weighted by atomic mass is 32.1. The van der Waals surface area contributed by atoms with Crippen molar-refractivity contribution in [1.29, 1.82) is 0 Å². The van der Waals surface area contributed by atoms with Crippen LogP contribution in [0.1, 0.15) is 59.6 Å². The molecule has 1 aromatic heterocycles. The van der Waals surface area contributed by atoms with E-state index < -0.39 is 5.91 Å². The van der Waals surface area contributed by atoms with Gasteiger partial charge in [-0.15, -0.1) is 11.3 Å². The number of anilines is 2. The molecule has 1 aliphatic rings. The van der Waals surface area contributed by atoms with E-state index in [1.165, 1.54) is 17.8 Å². The van der Waals surface area contributed by atoms with Gasteiger partial charge >= 0.3 is 0 Å². The van der Waals surface area contributed by atoms with Gasteiger partial charge in [0.1, 0.15) is 5.00 Å². The van der Waals surface area contributed by atoms with Crippen molar-refractivity contribution >= 4 is 33.7 Å². The van der Waals surface area contributed by atoms with Crippen molar-refractivity contribution in [2.75, 3.05) is 23.7 Å². The van der Waals surface area contributed by atoms with E-state index in [-0.39, 0.29) is 11.5 Å². The van der Waals surface area contributed by atoms with Crippen molar-refractivity contribution in [3.8, 4) is 0 Å². The van der Waals surface area contributed by atoms with Gasteiger partial charge < -0.3 is 16.4 Å². The molecule has 0 spiro atoms. The topological polar surface area (TPSA) is 89.4 Å². The Labute approximate surface area is 129 Å². The van der Waals surface area contributed by atoms with Crippen molar-refractivity contribution in [3.05, 3.63) is 10.4 Å². The van der Waals surface area contributed by atoms with Crippen molar-refractivity contribution in [2.24, 2.45) is 11.7 Å². The highest BCUT2D eigenvalue weighted by Gasteiger charge is 2.28. The zero-order chi connectivity index (χ0) is 15.6. The lowest BCUT2D eigenvalue weighted by Crippen LogP contribution is -2.34. The zero-order valence-corrected chi connectivity index (χ0v) is 13.5. The fourth-order valence-corrected chi connectivity index (χ4v) is 4.09. The number of carbonyl (C=O) groups excluding carboxylic acids is 2. The standard InChI is InChI=1S/C15H23N3O2S/c1-3-9-5-7-18(8-6-9)15-11(14(17)20)12(16)13(21-15)10(19)4-2/h9H,3-8,16H2,1-2H3,(H2,17,20). The van der Waals surface area contributed by atoms with Gasteiger partial charge in [-0.3, -0.25) is 9.59 Å². The number of piperidine rings is 1. The maximum Gasteiger partial charge on any atom is 0.253 e. The first-order valence-corrected chi connectivity index (χ1v) is 8.31. The second-order valence-corrected chi connectivity index (χ2v) is 6.50. The lowest BCUT2D eigenvalue weighted by atomic mass is 9.94. The minimum Gasteiger partial charge on any atom is -0.397 e. The van der Waals surface area contributed by atoms with Gasteiger partial charge in [0.2, 0.25) is 0 Å². The molecule has 0 bridgehead atoms. The summed E-state index contributed by atoms with van der Waals surface area (Å²) in [7, 11) is 0. The normalized spacial score (nSPS) is 16.2. The van der Waals surface area contributed by atoms with Gasteiger partial charge in [-0.25, -0.2) is 0 Å². The van der Waals surface area contributed by atoms with Crippen LogP contribution in [0.3, 0.4) is 0 Å². The molecule has 6 heteroatoms. The third kappa shape index (κ3) is 3.05. The first-order valence-electron chi connectivity index (χ1n) is 7.49. The van der Waals surface area contributed by atoms with Crippen LogP contribution >= 0.6 is 11.3 Å². The average molecular weight is 309 g/mol. The van der Waals surface area contributed by atoms with E-state index in [1.807, 2.05) is 0 Å². The first kappa shape index (κ1) is 15.8. The number of nitrogen functional groups attached to an aromatic ring is 1. The summed E-state index contributed by atoms with van der Waals surface area (Å²) in [5, 5.41) is 0.770. The summed E-state index contributed by atoms with van der Waals surface area (Å²) in [6.07, 6.45) is 3.76. The zero-order valence-electron chi connectivity index (χ0n) is 12.6. The molecule has 2 heterocycles. The number of carbonyl (C=O) groups is 2. The van der Waals surface area contributed by atoms with Crippen LogP contribution in [0.25, 0.3) is 0 Å². The predicted octanol–water partition coefficient (Wildman–Crippen LogP) is 2.65. The molecule has 1 aromatic rings. The number of thiophene rings is 1. The Hall–Kier alpha value is -1.56. The molecule has 1 fully saturated rings. The Bertz CT molecular complexity index is 545. The lowest BCUT2D eigenvalue weighted by molar-refractivity contribution is 0.0991. The fraction of sp³-hybridized carbons (Fsp3) is 0.600. The summed E-state index contributed by atoms with van der Waals surface area (Å²) >= 11 is 1.31. The minimum atomic E-state index is -0.550. The fourth-order valence-electron chi connectivity index (χ4n) is 2.80. The van der Waals surface area contributed by atoms with Crippen LogP contribution in [-0.4, -0.2) is 24.8 Å². The number of ketones is 1. The minimum absolute atomic E-state index is 0.0327. The van der Waals surface area contributed by atoms with Gasteiger partial charge in [0, 0.05) is 19.5 Å². The predicted molar refractivity (Wildman–Crippen MR) is 87.1 cm³/mol. The van der Waals surface area contributed by atoms with Gasteiger partial charge in [-0.2, -0.15) is 0 Å². The van der Waals surface area contributed by atoms with Crippen LogP contribution < -0.4 is 16.4 Å². The molecule has 0 radical (unpaired) electrons. The second-order valence-electron chi connectivity index (χ2n) is 5.50. The second kappa shape index (κ2) is 6.47. The SMILES string of the molecule is CCC(=O)c1sc(N2CCC(CC)CC2)c(C(N)=O)c1N. The molecule has 0 aromatic carbocycles. The van der Waals surface area contributed by atoms with E-state index in [0.29, 0.717) is 16.9 Å². The van der Waals surface area contributed by atoms with E-state index in [0.717, 1.165) is 36.9 Å². The number of primary amides is 1. The summed E-state index contributed by atoms with van der Waals surface area (Å²) < 4.78 is 0. The van der Waals surface area contributed by atoms with Crippen molar-refractivity contribution in [1.82, 2.24) is 0 Å². The molecule has 1 saturated heterocycles. The third-order valence-electron chi connectivity index (χ3n) is 4.23. The number of nitrogens with zero attached hydrogens (tertiary/aromatic N) is 1. The molecule has 2 rings (SSSR count). The number of rotatable bonds is 5. The molecule has 21 heavy (non-hydrogen) atoms. The molecular formula is C15H23N3O2S. The summed E-state index contributed by atoms with van der Waals surface area (Å²) in [5.41, 5.74) is 12.1. The quantitative estimate of drug-likeness (QED) is 0.818. The van der Waals surface area contributed by atoms with Gasteiger partial charge in [-0.05, 0) is 18.8 Å². The Kier molecular flexibility index (Phi) is 4.88. The number of nitrogens with two attached hydrogens (primary N) is 2. The van der Waals surface area contributed by atoms with Gasteiger partial charge in [-0.1, -0.05) is 20.3 Å². The molecule has 1 amide bonds. The van der Waals surface area contributed by atoms with Crippen LogP contribution in [0.5, 0.6) is 0 Å². The van der Waals surface area contributed by atoms with Gasteiger partial charge in [0.05, 0.1) is 16.1 Å². The monoisotopic (exact) mass is 309 g/mol. The smallest absolute Gasteiger partial charge is 0.253 e. The summed E-state index contributed by atoms with van der Waals surface area (Å²) in [5.74, 6) is 0.161. The van der Waals surface area contributed by atoms with E-state index in [4.69, 9.17) is 11.5 Å². The Morgan fingerprint density at radius 2 is 1.90 bits per heavy atom. The summed E-state index contributed by atoms with van der Waals surface area (Å²) in [6, 6.07) is 0. The van der Waals surface area contributed by atoms with E-state index >= 15 is 0 Å². The average Bonchev–Trinajstić information content (AvgIpc) is 2.84. The number of hydrogen-bond acceptors (Lipinski definition) is 5. The molecule has 5 nitrogen and oxygen atoms in total. The van der Waals surface area contributed by atoms with Crippen LogP contribution in [0.15, 0.2) is 0 Å². The molecule has 0 unspecified atom stereocenters. The van der Waals surface area contributed by atoms with Gasteiger partial charge in [0.25, 0.3) is 5.91 Å². The molecular weight excluding hydrogens is 286 g/mol. The van der Waals surface area contributed by atoms with E-state index in [1.54, 1.807) is 6.92 Å². The lowest BCUT2D eigenvalue weighted by Gasteiger charge is -2.32. The van der Waals surface area contributed by atoms with Gasteiger partial charge in [0.15, 0.2) is 5.78 Å². The largest absolute Gasteiger partial charge is 0.397 e. The van der Waals surface area contributed by atoms with Crippen LogP contribution in [0, 0.1) is 5.92 Å². The molecule has 116 valence electrons. The van der Waals surface area contributed by atoms with Crippen molar-refractivity contribution in [2.45, 2.75) is 39.5 Å². The third-order valence-corrected chi connectivity index (χ3v) is 5.53. The van der Waals surface area contributed by atoms with Crippen LogP contribution in [0.4, 0.5) is 10.7 Å². The van der Waals surface area contributed by atoms with Crippen LogP contribution in [0.2, 0.25) is 0 Å². The number of hydrogen-bond donors (Lipinski definition) is 2. The van der Waals surface area contributed by atoms with Crippen molar-refractivity contribution < 1.29 is 9.59 Å². The van der Waals surface area contributed by atoms with E-state index in [2.05, 4.69) is 11.8 Å². The van der Waals surface area contributed by atoms with Crippen molar-refractivity contribution in [3.63, 3.8) is 0 Å². The first-order chi connectivity index (χ1) is 9.99. The molecule has 4 N–H and O–H groups in total. The Morgan fingerprint density at radius 3 is 2.38 bits per heavy atom. The number of Topliss-reactive ketones (excluding diaryl/α,β-unsaturated/α-hetero) is 1. The molecule has 0 aliphatic carbocycles.